The molecule has 1 unspecified atom stereocenters. The van der Waals surface area contributed by atoms with E-state index in [1.54, 1.807) is 30.8 Å². The van der Waals surface area contributed by atoms with E-state index in [0.29, 0.717) is 5.56 Å². The molecule has 0 spiro atoms. The summed E-state index contributed by atoms with van der Waals surface area (Å²) in [5.41, 5.74) is 3.15. The van der Waals surface area contributed by atoms with Crippen molar-refractivity contribution >= 4 is 23.5 Å². The van der Waals surface area contributed by atoms with E-state index in [-0.39, 0.29) is 5.78 Å². The first-order valence-corrected chi connectivity index (χ1v) is 7.68. The SMILES string of the molecule is CC(C(=O)O)c1ccc2c(c1)SCc1ccccc1C2=O. The molecule has 0 bridgehead atoms. The zero-order valence-corrected chi connectivity index (χ0v) is 12.3. The molecule has 0 radical (unpaired) electrons. The molecular formula is C17H14O3S. The number of carbonyl (C=O) groups excluding carboxylic acids is 1. The van der Waals surface area contributed by atoms with Gasteiger partial charge in [0.05, 0.1) is 5.92 Å². The molecule has 2 aromatic rings. The van der Waals surface area contributed by atoms with E-state index < -0.39 is 11.9 Å². The Kier molecular flexibility index (Phi) is 3.55. The molecule has 3 rings (SSSR count). The van der Waals surface area contributed by atoms with Gasteiger partial charge < -0.3 is 5.11 Å². The van der Waals surface area contributed by atoms with Crippen molar-refractivity contribution in [1.29, 1.82) is 0 Å². The maximum absolute atomic E-state index is 12.6. The first kappa shape index (κ1) is 13.9. The van der Waals surface area contributed by atoms with Crippen LogP contribution in [0.15, 0.2) is 47.4 Å². The Balaban J connectivity index is 2.07. The van der Waals surface area contributed by atoms with Crippen LogP contribution in [0.4, 0.5) is 0 Å². The van der Waals surface area contributed by atoms with Crippen LogP contribution in [0, 0.1) is 0 Å². The van der Waals surface area contributed by atoms with Crippen LogP contribution in [0.5, 0.6) is 0 Å². The van der Waals surface area contributed by atoms with Crippen molar-refractivity contribution in [3.05, 3.63) is 64.7 Å². The quantitative estimate of drug-likeness (QED) is 0.918. The van der Waals surface area contributed by atoms with Crippen molar-refractivity contribution in [1.82, 2.24) is 0 Å². The predicted molar refractivity (Wildman–Crippen MR) is 81.9 cm³/mol. The van der Waals surface area contributed by atoms with Gasteiger partial charge in [0.2, 0.25) is 0 Å². The van der Waals surface area contributed by atoms with Gasteiger partial charge >= 0.3 is 5.97 Å². The van der Waals surface area contributed by atoms with Gasteiger partial charge in [-0.05, 0) is 30.2 Å². The molecule has 1 N–H and O–H groups in total. The minimum absolute atomic E-state index is 0.0140. The van der Waals surface area contributed by atoms with Gasteiger partial charge in [0.15, 0.2) is 5.78 Å². The van der Waals surface area contributed by atoms with Gasteiger partial charge in [0.1, 0.15) is 0 Å². The zero-order valence-electron chi connectivity index (χ0n) is 11.5. The number of hydrogen-bond acceptors (Lipinski definition) is 3. The molecule has 0 saturated heterocycles. The lowest BCUT2D eigenvalue weighted by atomic mass is 9.95. The molecule has 0 saturated carbocycles. The Morgan fingerprint density at radius 2 is 1.95 bits per heavy atom. The number of aliphatic carboxylic acids is 1. The van der Waals surface area contributed by atoms with E-state index in [1.807, 2.05) is 30.3 Å². The lowest BCUT2D eigenvalue weighted by Crippen LogP contribution is -2.09. The molecule has 1 atom stereocenters. The third-order valence-corrected chi connectivity index (χ3v) is 4.87. The maximum atomic E-state index is 12.6. The monoisotopic (exact) mass is 298 g/mol. The van der Waals surface area contributed by atoms with Crippen LogP contribution in [-0.4, -0.2) is 16.9 Å². The van der Waals surface area contributed by atoms with Gasteiger partial charge in [-0.3, -0.25) is 9.59 Å². The summed E-state index contributed by atoms with van der Waals surface area (Å²) >= 11 is 1.59. The Morgan fingerprint density at radius 3 is 2.71 bits per heavy atom. The number of carbonyl (C=O) groups is 2. The molecule has 1 heterocycles. The first-order chi connectivity index (χ1) is 10.1. The summed E-state index contributed by atoms with van der Waals surface area (Å²) in [5, 5.41) is 9.12. The number of thioether (sulfide) groups is 1. The number of carboxylic acid groups (broad SMARTS) is 1. The van der Waals surface area contributed by atoms with E-state index in [9.17, 15) is 9.59 Å². The summed E-state index contributed by atoms with van der Waals surface area (Å²) < 4.78 is 0. The van der Waals surface area contributed by atoms with Gasteiger partial charge in [0, 0.05) is 21.8 Å². The topological polar surface area (TPSA) is 54.4 Å². The largest absolute Gasteiger partial charge is 0.481 e. The normalized spacial score (nSPS) is 14.8. The fourth-order valence-electron chi connectivity index (χ4n) is 2.43. The summed E-state index contributed by atoms with van der Waals surface area (Å²) in [6.45, 7) is 1.65. The molecule has 2 aromatic carbocycles. The Hall–Kier alpha value is -2.07. The summed E-state index contributed by atoms with van der Waals surface area (Å²) in [5.74, 6) is -0.695. The lowest BCUT2D eigenvalue weighted by Gasteiger charge is -2.10. The van der Waals surface area contributed by atoms with Crippen molar-refractivity contribution in [2.45, 2.75) is 23.5 Å². The molecule has 1 aliphatic rings. The van der Waals surface area contributed by atoms with E-state index in [2.05, 4.69) is 0 Å². The molecular weight excluding hydrogens is 284 g/mol. The van der Waals surface area contributed by atoms with E-state index in [0.717, 1.165) is 27.3 Å². The number of benzene rings is 2. The number of carboxylic acids is 1. The van der Waals surface area contributed by atoms with Crippen LogP contribution >= 0.6 is 11.8 Å². The molecule has 21 heavy (non-hydrogen) atoms. The molecule has 0 aliphatic carbocycles. The van der Waals surface area contributed by atoms with Crippen LogP contribution in [0.25, 0.3) is 0 Å². The van der Waals surface area contributed by atoms with E-state index in [4.69, 9.17) is 5.11 Å². The number of rotatable bonds is 2. The van der Waals surface area contributed by atoms with Crippen LogP contribution in [0.3, 0.4) is 0 Å². The third kappa shape index (κ3) is 2.47. The van der Waals surface area contributed by atoms with Crippen LogP contribution in [0.1, 0.15) is 39.9 Å². The second-order valence-corrected chi connectivity index (χ2v) is 6.11. The Morgan fingerprint density at radius 1 is 1.19 bits per heavy atom. The highest BCUT2D eigenvalue weighted by molar-refractivity contribution is 7.98. The fourth-order valence-corrected chi connectivity index (χ4v) is 3.52. The lowest BCUT2D eigenvalue weighted by molar-refractivity contribution is -0.138. The van der Waals surface area contributed by atoms with Gasteiger partial charge in [-0.2, -0.15) is 0 Å². The molecule has 106 valence electrons. The Labute approximate surface area is 127 Å². The second-order valence-electron chi connectivity index (χ2n) is 5.09. The number of hydrogen-bond donors (Lipinski definition) is 1. The average Bonchev–Trinajstić information content (AvgIpc) is 2.64. The smallest absolute Gasteiger partial charge is 0.310 e. The highest BCUT2D eigenvalue weighted by Gasteiger charge is 2.23. The number of ketones is 1. The van der Waals surface area contributed by atoms with Gasteiger partial charge in [-0.1, -0.05) is 30.3 Å². The average molecular weight is 298 g/mol. The standard InChI is InChI=1S/C17H14O3S/c1-10(17(19)20)11-6-7-14-15(8-11)21-9-12-4-2-3-5-13(12)16(14)18/h2-8,10H,9H2,1H3,(H,19,20). The first-order valence-electron chi connectivity index (χ1n) is 6.70. The van der Waals surface area contributed by atoms with Crippen molar-refractivity contribution in [2.24, 2.45) is 0 Å². The van der Waals surface area contributed by atoms with Crippen molar-refractivity contribution in [3.8, 4) is 0 Å². The molecule has 4 heteroatoms. The summed E-state index contributed by atoms with van der Waals surface area (Å²) in [4.78, 5) is 24.6. The number of fused-ring (bicyclic) bond motifs is 2. The fraction of sp³-hybridized carbons (Fsp3) is 0.176. The molecule has 0 fully saturated rings. The summed E-state index contributed by atoms with van der Waals surface area (Å²) in [7, 11) is 0. The van der Waals surface area contributed by atoms with Gasteiger partial charge in [0.25, 0.3) is 0 Å². The summed E-state index contributed by atoms with van der Waals surface area (Å²) in [6, 6.07) is 12.9. The van der Waals surface area contributed by atoms with Crippen LogP contribution < -0.4 is 0 Å². The summed E-state index contributed by atoms with van der Waals surface area (Å²) in [6.07, 6.45) is 0. The minimum Gasteiger partial charge on any atom is -0.481 e. The molecule has 1 aliphatic heterocycles. The van der Waals surface area contributed by atoms with E-state index in [1.165, 1.54) is 0 Å². The third-order valence-electron chi connectivity index (χ3n) is 3.77. The van der Waals surface area contributed by atoms with Crippen molar-refractivity contribution < 1.29 is 14.7 Å². The van der Waals surface area contributed by atoms with Gasteiger partial charge in [-0.25, -0.2) is 0 Å². The predicted octanol–water partition coefficient (Wildman–Crippen LogP) is 3.71. The highest BCUT2D eigenvalue weighted by atomic mass is 32.2. The Bertz CT molecular complexity index is 737. The van der Waals surface area contributed by atoms with E-state index >= 15 is 0 Å². The van der Waals surface area contributed by atoms with Crippen LogP contribution in [0.2, 0.25) is 0 Å². The highest BCUT2D eigenvalue weighted by Crippen LogP contribution is 2.35. The molecule has 0 aromatic heterocycles. The zero-order chi connectivity index (χ0) is 15.0. The molecule has 3 nitrogen and oxygen atoms in total. The maximum Gasteiger partial charge on any atom is 0.310 e. The molecule has 0 amide bonds. The van der Waals surface area contributed by atoms with Crippen molar-refractivity contribution in [2.75, 3.05) is 0 Å². The second kappa shape index (κ2) is 5.37. The minimum atomic E-state index is -0.858. The van der Waals surface area contributed by atoms with Crippen LogP contribution in [-0.2, 0) is 10.5 Å². The van der Waals surface area contributed by atoms with Crippen molar-refractivity contribution in [3.63, 3.8) is 0 Å². The van der Waals surface area contributed by atoms with Gasteiger partial charge in [-0.15, -0.1) is 11.8 Å².